The molecule has 0 bridgehead atoms. The summed E-state index contributed by atoms with van der Waals surface area (Å²) in [5.74, 6) is -3.26. The van der Waals surface area contributed by atoms with Crippen LogP contribution < -0.4 is 27.4 Å². The lowest BCUT2D eigenvalue weighted by Crippen LogP contribution is -2.56. The van der Waals surface area contributed by atoms with Crippen LogP contribution in [0.3, 0.4) is 0 Å². The van der Waals surface area contributed by atoms with Crippen molar-refractivity contribution in [1.29, 1.82) is 0 Å². The number of carboxylic acids is 1. The molecule has 8 N–H and O–H groups in total. The normalized spacial score (nSPS) is 14.9. The van der Waals surface area contributed by atoms with Gasteiger partial charge in [-0.25, -0.2) is 4.79 Å². The van der Waals surface area contributed by atoms with Gasteiger partial charge in [0.1, 0.15) is 18.1 Å². The number of nitrogens with one attached hydrogen (secondary N) is 3. The third kappa shape index (κ3) is 10.1. The Labute approximate surface area is 167 Å². The number of carbonyl (C=O) groups excluding carboxylic acids is 4. The molecule has 0 saturated carbocycles. The lowest BCUT2D eigenvalue weighted by Gasteiger charge is -2.23. The highest BCUT2D eigenvalue weighted by Gasteiger charge is 2.27. The summed E-state index contributed by atoms with van der Waals surface area (Å²) in [6.07, 6.45) is 1.79. The second-order valence-electron chi connectivity index (χ2n) is 6.27. The number of carbonyl (C=O) groups is 5. The number of thioether (sulfide) groups is 1. The van der Waals surface area contributed by atoms with E-state index in [0.29, 0.717) is 12.2 Å². The number of amides is 4. The maximum absolute atomic E-state index is 12.4. The van der Waals surface area contributed by atoms with E-state index in [0.717, 1.165) is 0 Å². The Hall–Kier alpha value is -2.34. The molecule has 0 aromatic carbocycles. The average molecular weight is 420 g/mol. The van der Waals surface area contributed by atoms with Gasteiger partial charge in [-0.15, -0.1) is 0 Å². The van der Waals surface area contributed by atoms with Crippen LogP contribution >= 0.6 is 11.8 Å². The first-order valence-electron chi connectivity index (χ1n) is 8.66. The molecule has 0 aromatic rings. The van der Waals surface area contributed by atoms with Crippen LogP contribution in [0.15, 0.2) is 0 Å². The van der Waals surface area contributed by atoms with Gasteiger partial charge in [0.05, 0.1) is 6.04 Å². The Kier molecular flexibility index (Phi) is 11.9. The van der Waals surface area contributed by atoms with E-state index in [1.165, 1.54) is 25.6 Å². The third-order valence-corrected chi connectivity index (χ3v) is 4.35. The molecule has 160 valence electrons. The van der Waals surface area contributed by atoms with Crippen molar-refractivity contribution >= 4 is 41.4 Å². The predicted octanol–water partition coefficient (Wildman–Crippen LogP) is -2.09. The smallest absolute Gasteiger partial charge is 0.326 e. The molecule has 11 nitrogen and oxygen atoms in total. The van der Waals surface area contributed by atoms with Crippen molar-refractivity contribution in [3.63, 3.8) is 0 Å². The molecule has 4 amide bonds. The maximum Gasteiger partial charge on any atom is 0.326 e. The maximum atomic E-state index is 12.4. The minimum atomic E-state index is -1.32. The molecule has 0 fully saturated rings. The van der Waals surface area contributed by atoms with Crippen molar-refractivity contribution < 1.29 is 29.1 Å². The van der Waals surface area contributed by atoms with E-state index in [4.69, 9.17) is 16.6 Å². The Morgan fingerprint density at radius 2 is 1.50 bits per heavy atom. The molecule has 0 heterocycles. The highest BCUT2D eigenvalue weighted by atomic mass is 32.2. The SMILES string of the molecule is CSCCC(NC(=O)C(C)N)C(=O)NC(C)C(=O)NC(CCC(N)=O)C(=O)O. The van der Waals surface area contributed by atoms with Crippen LogP contribution in [0, 0.1) is 0 Å². The molecule has 0 rings (SSSR count). The molecule has 0 aliphatic carbocycles. The van der Waals surface area contributed by atoms with Crippen LogP contribution in [0.5, 0.6) is 0 Å². The number of aliphatic carboxylic acids is 1. The van der Waals surface area contributed by atoms with Gasteiger partial charge in [-0.3, -0.25) is 19.2 Å². The summed E-state index contributed by atoms with van der Waals surface area (Å²) in [5.41, 5.74) is 10.5. The second-order valence-corrected chi connectivity index (χ2v) is 7.25. The van der Waals surface area contributed by atoms with Crippen LogP contribution in [0.1, 0.15) is 33.1 Å². The van der Waals surface area contributed by atoms with Gasteiger partial charge in [-0.1, -0.05) is 0 Å². The quantitative estimate of drug-likeness (QED) is 0.195. The molecule has 0 spiro atoms. The highest BCUT2D eigenvalue weighted by molar-refractivity contribution is 7.98. The summed E-state index contributed by atoms with van der Waals surface area (Å²) < 4.78 is 0. The predicted molar refractivity (Wildman–Crippen MR) is 104 cm³/mol. The molecule has 0 radical (unpaired) electrons. The van der Waals surface area contributed by atoms with Crippen molar-refractivity contribution in [3.05, 3.63) is 0 Å². The van der Waals surface area contributed by atoms with Crippen LogP contribution in [0.25, 0.3) is 0 Å². The monoisotopic (exact) mass is 419 g/mol. The molecule has 28 heavy (non-hydrogen) atoms. The van der Waals surface area contributed by atoms with Crippen molar-refractivity contribution in [3.8, 4) is 0 Å². The van der Waals surface area contributed by atoms with Crippen molar-refractivity contribution in [1.82, 2.24) is 16.0 Å². The molecular formula is C16H29N5O6S. The van der Waals surface area contributed by atoms with E-state index in [2.05, 4.69) is 16.0 Å². The lowest BCUT2D eigenvalue weighted by atomic mass is 10.1. The minimum Gasteiger partial charge on any atom is -0.480 e. The summed E-state index contributed by atoms with van der Waals surface area (Å²) >= 11 is 1.48. The fourth-order valence-corrected chi connectivity index (χ4v) is 2.50. The van der Waals surface area contributed by atoms with Crippen molar-refractivity contribution in [2.45, 2.75) is 57.3 Å². The number of carboxylic acid groups (broad SMARTS) is 1. The van der Waals surface area contributed by atoms with Gasteiger partial charge in [-0.2, -0.15) is 11.8 Å². The van der Waals surface area contributed by atoms with E-state index in [1.54, 1.807) is 0 Å². The minimum absolute atomic E-state index is 0.169. The van der Waals surface area contributed by atoms with Gasteiger partial charge in [0.25, 0.3) is 0 Å². The summed E-state index contributed by atoms with van der Waals surface area (Å²) in [6.45, 7) is 2.85. The van der Waals surface area contributed by atoms with E-state index in [9.17, 15) is 24.0 Å². The largest absolute Gasteiger partial charge is 0.480 e. The number of rotatable bonds is 13. The van der Waals surface area contributed by atoms with Crippen LogP contribution in [0.2, 0.25) is 0 Å². The van der Waals surface area contributed by atoms with Crippen LogP contribution in [-0.4, -0.2) is 70.9 Å². The summed E-state index contributed by atoms with van der Waals surface area (Å²) in [6, 6.07) is -4.06. The van der Waals surface area contributed by atoms with Gasteiger partial charge >= 0.3 is 5.97 Å². The number of hydrogen-bond acceptors (Lipinski definition) is 7. The van der Waals surface area contributed by atoms with Crippen LogP contribution in [0.4, 0.5) is 0 Å². The number of primary amides is 1. The molecule has 4 atom stereocenters. The van der Waals surface area contributed by atoms with E-state index in [-0.39, 0.29) is 12.8 Å². The Bertz CT molecular complexity index is 586. The second kappa shape index (κ2) is 12.9. The number of nitrogens with two attached hydrogens (primary N) is 2. The Morgan fingerprint density at radius 1 is 0.929 bits per heavy atom. The zero-order valence-electron chi connectivity index (χ0n) is 16.2. The van der Waals surface area contributed by atoms with Gasteiger partial charge in [0, 0.05) is 6.42 Å². The topological polar surface area (TPSA) is 194 Å². The molecule has 12 heteroatoms. The first kappa shape index (κ1) is 25.7. The van der Waals surface area contributed by atoms with Gasteiger partial charge in [0.2, 0.25) is 23.6 Å². The average Bonchev–Trinajstić information content (AvgIpc) is 2.60. The Morgan fingerprint density at radius 3 is 1.96 bits per heavy atom. The third-order valence-electron chi connectivity index (χ3n) is 3.70. The summed E-state index contributed by atoms with van der Waals surface area (Å²) in [5, 5.41) is 16.3. The molecule has 4 unspecified atom stereocenters. The van der Waals surface area contributed by atoms with Gasteiger partial charge < -0.3 is 32.5 Å². The van der Waals surface area contributed by atoms with E-state index >= 15 is 0 Å². The summed E-state index contributed by atoms with van der Waals surface area (Å²) in [7, 11) is 0. The lowest BCUT2D eigenvalue weighted by molar-refractivity contribution is -0.142. The molecule has 0 aliphatic rings. The van der Waals surface area contributed by atoms with E-state index in [1.807, 2.05) is 6.26 Å². The zero-order chi connectivity index (χ0) is 21.9. The standard InChI is InChI=1S/C16H29N5O6S/c1-8(17)13(23)20-10(6-7-28-3)15(25)19-9(2)14(24)21-11(16(26)27)4-5-12(18)22/h8-11H,4-7,17H2,1-3H3,(H2,18,22)(H,19,25)(H,20,23)(H,21,24)(H,26,27). The van der Waals surface area contributed by atoms with Crippen LogP contribution in [-0.2, 0) is 24.0 Å². The van der Waals surface area contributed by atoms with Crippen molar-refractivity contribution in [2.75, 3.05) is 12.0 Å². The fourth-order valence-electron chi connectivity index (χ4n) is 2.03. The van der Waals surface area contributed by atoms with Gasteiger partial charge in [0.15, 0.2) is 0 Å². The molecule has 0 aromatic heterocycles. The molecule has 0 aliphatic heterocycles. The Balaban J connectivity index is 4.90. The highest BCUT2D eigenvalue weighted by Crippen LogP contribution is 2.03. The summed E-state index contributed by atoms with van der Waals surface area (Å²) in [4.78, 5) is 58.4. The first-order chi connectivity index (χ1) is 13.0. The zero-order valence-corrected chi connectivity index (χ0v) is 17.0. The molecule has 0 saturated heterocycles. The van der Waals surface area contributed by atoms with Gasteiger partial charge in [-0.05, 0) is 38.7 Å². The first-order valence-corrected chi connectivity index (χ1v) is 10.1. The molecular weight excluding hydrogens is 390 g/mol. The fraction of sp³-hybridized carbons (Fsp3) is 0.688. The van der Waals surface area contributed by atoms with Crippen molar-refractivity contribution in [2.24, 2.45) is 11.5 Å². The number of hydrogen-bond donors (Lipinski definition) is 6. The van der Waals surface area contributed by atoms with E-state index < -0.39 is 53.8 Å².